The number of halogens is 1. The van der Waals surface area contributed by atoms with Gasteiger partial charge in [-0.2, -0.15) is 9.78 Å². The first-order valence-corrected chi connectivity index (χ1v) is 3.99. The molecule has 0 spiro atoms. The number of primary amides is 1. The summed E-state index contributed by atoms with van der Waals surface area (Å²) in [7, 11) is 0. The minimum Gasteiger partial charge on any atom is -0.350 e. The average Bonchev–Trinajstić information content (AvgIpc) is 2.46. The highest BCUT2D eigenvalue weighted by atomic mass is 35.5. The SMILES string of the molecule is NC(=O)n1ncc2ccc(Cl)cc21. The third-order valence-electron chi connectivity index (χ3n) is 1.74. The van der Waals surface area contributed by atoms with Crippen LogP contribution in [0.15, 0.2) is 24.4 Å². The van der Waals surface area contributed by atoms with Gasteiger partial charge in [0.05, 0.1) is 11.7 Å². The summed E-state index contributed by atoms with van der Waals surface area (Å²) >= 11 is 5.76. The van der Waals surface area contributed by atoms with Crippen LogP contribution in [0.3, 0.4) is 0 Å². The quantitative estimate of drug-likeness (QED) is 0.694. The van der Waals surface area contributed by atoms with E-state index in [-0.39, 0.29) is 0 Å². The second kappa shape index (κ2) is 2.74. The minimum absolute atomic E-state index is 0.551. The molecule has 0 saturated carbocycles. The van der Waals surface area contributed by atoms with Gasteiger partial charge >= 0.3 is 6.03 Å². The van der Waals surface area contributed by atoms with Gasteiger partial charge in [-0.1, -0.05) is 11.6 Å². The summed E-state index contributed by atoms with van der Waals surface area (Å²) in [6.07, 6.45) is 1.57. The molecule has 2 aromatic rings. The van der Waals surface area contributed by atoms with E-state index in [2.05, 4.69) is 5.10 Å². The maximum absolute atomic E-state index is 10.9. The normalized spacial score (nSPS) is 10.5. The highest BCUT2D eigenvalue weighted by Crippen LogP contribution is 2.18. The number of nitrogens with zero attached hydrogens (tertiary/aromatic N) is 2. The molecule has 2 rings (SSSR count). The smallest absolute Gasteiger partial charge is 0.340 e. The van der Waals surface area contributed by atoms with Gasteiger partial charge in [-0.3, -0.25) is 0 Å². The maximum Gasteiger partial charge on any atom is 0.340 e. The summed E-state index contributed by atoms with van der Waals surface area (Å²) < 4.78 is 1.11. The molecule has 0 aliphatic heterocycles. The van der Waals surface area contributed by atoms with Crippen molar-refractivity contribution in [2.24, 2.45) is 5.73 Å². The van der Waals surface area contributed by atoms with Gasteiger partial charge in [0, 0.05) is 10.4 Å². The van der Waals surface area contributed by atoms with Crippen molar-refractivity contribution < 1.29 is 4.79 Å². The van der Waals surface area contributed by atoms with Crippen LogP contribution < -0.4 is 5.73 Å². The molecule has 0 radical (unpaired) electrons. The van der Waals surface area contributed by atoms with Crippen LogP contribution in [0.4, 0.5) is 4.79 Å². The maximum atomic E-state index is 10.9. The van der Waals surface area contributed by atoms with Crippen molar-refractivity contribution >= 4 is 28.5 Å². The van der Waals surface area contributed by atoms with Crippen LogP contribution in [0, 0.1) is 0 Å². The zero-order valence-electron chi connectivity index (χ0n) is 6.57. The number of nitrogens with two attached hydrogens (primary N) is 1. The van der Waals surface area contributed by atoms with Crippen LogP contribution in [-0.4, -0.2) is 15.8 Å². The molecule has 0 aliphatic rings. The van der Waals surface area contributed by atoms with Crippen LogP contribution in [0.25, 0.3) is 10.9 Å². The molecular weight excluding hydrogens is 190 g/mol. The first kappa shape index (κ1) is 8.07. The van der Waals surface area contributed by atoms with E-state index >= 15 is 0 Å². The molecule has 0 unspecified atom stereocenters. The molecule has 1 aromatic heterocycles. The monoisotopic (exact) mass is 195 g/mol. The van der Waals surface area contributed by atoms with E-state index in [1.165, 1.54) is 0 Å². The third kappa shape index (κ3) is 1.25. The molecule has 13 heavy (non-hydrogen) atoms. The van der Waals surface area contributed by atoms with Crippen LogP contribution >= 0.6 is 11.6 Å². The van der Waals surface area contributed by atoms with E-state index in [9.17, 15) is 4.79 Å². The number of hydrogen-bond acceptors (Lipinski definition) is 2. The van der Waals surface area contributed by atoms with E-state index in [1.54, 1.807) is 24.4 Å². The number of carbonyl (C=O) groups excluding carboxylic acids is 1. The van der Waals surface area contributed by atoms with Crippen molar-refractivity contribution in [1.82, 2.24) is 9.78 Å². The molecule has 0 bridgehead atoms. The number of carbonyl (C=O) groups is 1. The molecule has 0 saturated heterocycles. The number of hydrogen-bond donors (Lipinski definition) is 1. The van der Waals surface area contributed by atoms with E-state index in [0.29, 0.717) is 10.5 Å². The lowest BCUT2D eigenvalue weighted by molar-refractivity contribution is 0.248. The fraction of sp³-hybridized carbons (Fsp3) is 0. The Morgan fingerprint density at radius 2 is 2.31 bits per heavy atom. The number of benzene rings is 1. The molecule has 0 atom stereocenters. The first-order valence-electron chi connectivity index (χ1n) is 3.61. The highest BCUT2D eigenvalue weighted by Gasteiger charge is 2.06. The van der Waals surface area contributed by atoms with Gasteiger partial charge in [0.25, 0.3) is 0 Å². The van der Waals surface area contributed by atoms with Crippen LogP contribution in [0.2, 0.25) is 5.02 Å². The Hall–Kier alpha value is -1.55. The zero-order valence-corrected chi connectivity index (χ0v) is 7.32. The molecule has 5 heteroatoms. The van der Waals surface area contributed by atoms with Crippen molar-refractivity contribution in [3.63, 3.8) is 0 Å². The van der Waals surface area contributed by atoms with E-state index < -0.39 is 6.03 Å². The van der Waals surface area contributed by atoms with Crippen molar-refractivity contribution in [3.05, 3.63) is 29.4 Å². The fourth-order valence-electron chi connectivity index (χ4n) is 1.17. The van der Waals surface area contributed by atoms with Gasteiger partial charge in [0.1, 0.15) is 0 Å². The summed E-state index contributed by atoms with van der Waals surface area (Å²) in [4.78, 5) is 10.9. The topological polar surface area (TPSA) is 60.9 Å². The second-order valence-electron chi connectivity index (χ2n) is 2.60. The summed E-state index contributed by atoms with van der Waals surface area (Å²) in [5, 5.41) is 5.21. The predicted molar refractivity (Wildman–Crippen MR) is 49.7 cm³/mol. The summed E-state index contributed by atoms with van der Waals surface area (Å²) in [5.41, 5.74) is 5.72. The van der Waals surface area contributed by atoms with Crippen LogP contribution in [-0.2, 0) is 0 Å². The lowest BCUT2D eigenvalue weighted by atomic mass is 10.2. The number of amides is 1. The van der Waals surface area contributed by atoms with Crippen molar-refractivity contribution in [3.8, 4) is 0 Å². The predicted octanol–water partition coefficient (Wildman–Crippen LogP) is 1.62. The largest absolute Gasteiger partial charge is 0.350 e. The molecule has 4 nitrogen and oxygen atoms in total. The van der Waals surface area contributed by atoms with Crippen molar-refractivity contribution in [2.75, 3.05) is 0 Å². The van der Waals surface area contributed by atoms with Gasteiger partial charge < -0.3 is 5.73 Å². The van der Waals surface area contributed by atoms with E-state index in [1.807, 2.05) is 0 Å². The molecule has 66 valence electrons. The lowest BCUT2D eigenvalue weighted by Gasteiger charge is -1.96. The molecule has 0 aliphatic carbocycles. The molecule has 2 N–H and O–H groups in total. The van der Waals surface area contributed by atoms with Crippen molar-refractivity contribution in [1.29, 1.82) is 0 Å². The molecule has 1 heterocycles. The summed E-state index contributed by atoms with van der Waals surface area (Å²) in [6.45, 7) is 0. The number of aromatic nitrogens is 2. The molecule has 1 amide bonds. The summed E-state index contributed by atoms with van der Waals surface area (Å²) in [6, 6.07) is 4.55. The fourth-order valence-corrected chi connectivity index (χ4v) is 1.33. The Labute approximate surface area is 78.9 Å². The third-order valence-corrected chi connectivity index (χ3v) is 1.98. The number of rotatable bonds is 0. The van der Waals surface area contributed by atoms with E-state index in [0.717, 1.165) is 10.1 Å². The number of fused-ring (bicyclic) bond motifs is 1. The van der Waals surface area contributed by atoms with Gasteiger partial charge in [-0.15, -0.1) is 0 Å². The van der Waals surface area contributed by atoms with Crippen LogP contribution in [0.5, 0.6) is 0 Å². The lowest BCUT2D eigenvalue weighted by Crippen LogP contribution is -2.20. The molecule has 0 fully saturated rings. The Morgan fingerprint density at radius 3 is 3.00 bits per heavy atom. The Balaban J connectivity index is 2.79. The molecule has 1 aromatic carbocycles. The Kier molecular flexibility index (Phi) is 1.70. The van der Waals surface area contributed by atoms with Gasteiger partial charge in [0.15, 0.2) is 0 Å². The summed E-state index contributed by atoms with van der Waals surface area (Å²) in [5.74, 6) is 0. The van der Waals surface area contributed by atoms with Crippen LogP contribution in [0.1, 0.15) is 0 Å². The van der Waals surface area contributed by atoms with Gasteiger partial charge in [-0.05, 0) is 18.2 Å². The molecular formula is C8H6ClN3O. The van der Waals surface area contributed by atoms with Crippen molar-refractivity contribution in [2.45, 2.75) is 0 Å². The first-order chi connectivity index (χ1) is 6.18. The standard InChI is InChI=1S/C8H6ClN3O/c9-6-2-1-5-4-11-12(8(10)13)7(5)3-6/h1-4H,(H2,10,13). The van der Waals surface area contributed by atoms with E-state index in [4.69, 9.17) is 17.3 Å². The minimum atomic E-state index is -0.614. The van der Waals surface area contributed by atoms with Gasteiger partial charge in [0.2, 0.25) is 0 Å². The highest BCUT2D eigenvalue weighted by molar-refractivity contribution is 6.31. The second-order valence-corrected chi connectivity index (χ2v) is 3.03. The Morgan fingerprint density at radius 1 is 1.54 bits per heavy atom. The Bertz CT molecular complexity index is 477. The van der Waals surface area contributed by atoms with Gasteiger partial charge in [-0.25, -0.2) is 4.79 Å². The zero-order chi connectivity index (χ0) is 9.42. The average molecular weight is 196 g/mol.